The molecular formula is C45H74O10. The highest BCUT2D eigenvalue weighted by atomic mass is 16.7. The van der Waals surface area contributed by atoms with Gasteiger partial charge in [-0.2, -0.15) is 0 Å². The van der Waals surface area contributed by atoms with Crippen LogP contribution in [-0.4, -0.2) is 88.5 Å². The van der Waals surface area contributed by atoms with E-state index in [4.69, 9.17) is 18.9 Å². The number of hydrogen-bond donors (Lipinski definition) is 4. The third-order valence-corrected chi connectivity index (χ3v) is 9.11. The van der Waals surface area contributed by atoms with Gasteiger partial charge in [0.25, 0.3) is 0 Å². The molecule has 7 atom stereocenters. The molecule has 0 saturated carbocycles. The van der Waals surface area contributed by atoms with E-state index in [0.717, 1.165) is 89.9 Å². The van der Waals surface area contributed by atoms with Gasteiger partial charge in [0.05, 0.1) is 13.2 Å². The van der Waals surface area contributed by atoms with E-state index in [2.05, 4.69) is 86.8 Å². The van der Waals surface area contributed by atoms with Gasteiger partial charge in [0.15, 0.2) is 6.29 Å². The number of rotatable bonds is 32. The number of allylic oxidation sites excluding steroid dienone is 12. The van der Waals surface area contributed by atoms with Gasteiger partial charge in [0.2, 0.25) is 6.10 Å². The smallest absolute Gasteiger partial charge is 0.350 e. The highest BCUT2D eigenvalue weighted by molar-refractivity contribution is 5.80. The van der Waals surface area contributed by atoms with Gasteiger partial charge in [-0.25, -0.2) is 4.79 Å². The topological polar surface area (TPSA) is 152 Å². The summed E-state index contributed by atoms with van der Waals surface area (Å²) in [5, 5.41) is 41.1. The normalized spacial score (nSPS) is 21.9. The van der Waals surface area contributed by atoms with Crippen LogP contribution in [0.5, 0.6) is 0 Å². The minimum atomic E-state index is -1.67. The predicted molar refractivity (Wildman–Crippen MR) is 219 cm³/mol. The lowest BCUT2D eigenvalue weighted by atomic mass is 9.98. The molecule has 0 spiro atoms. The van der Waals surface area contributed by atoms with Crippen LogP contribution in [0.4, 0.5) is 0 Å². The van der Waals surface area contributed by atoms with E-state index in [1.165, 1.54) is 0 Å². The number of unbranched alkanes of at least 4 members (excludes halogenated alkanes) is 8. The SMILES string of the molecule is CC/C=C\C/C=C\C/C=C\CCCCCC(O[C@H]1O[C@H](CO)[C@H](O)[C@H](O)[C@H]1O)C(OC(=O)CCCCCCC/C=C/C/C=C/C/C=C/CC)C(=O)OCCC. The monoisotopic (exact) mass is 775 g/mol. The molecular weight excluding hydrogens is 700 g/mol. The van der Waals surface area contributed by atoms with E-state index < -0.39 is 61.5 Å². The Hall–Kier alpha value is -2.86. The van der Waals surface area contributed by atoms with E-state index in [0.29, 0.717) is 19.3 Å². The molecule has 0 aromatic heterocycles. The molecule has 0 bridgehead atoms. The lowest BCUT2D eigenvalue weighted by Crippen LogP contribution is -2.60. The van der Waals surface area contributed by atoms with Crippen molar-refractivity contribution >= 4 is 11.9 Å². The molecule has 1 rings (SSSR count). The Balaban J connectivity index is 2.76. The zero-order chi connectivity index (χ0) is 40.4. The predicted octanol–water partition coefficient (Wildman–Crippen LogP) is 8.44. The Labute approximate surface area is 332 Å². The molecule has 10 heteroatoms. The fraction of sp³-hybridized carbons (Fsp3) is 0.689. The molecule has 55 heavy (non-hydrogen) atoms. The number of aliphatic hydroxyl groups excluding tert-OH is 4. The molecule has 0 aromatic carbocycles. The first-order chi connectivity index (χ1) is 26.8. The fourth-order valence-corrected chi connectivity index (χ4v) is 5.90. The maximum absolute atomic E-state index is 13.3. The van der Waals surface area contributed by atoms with Crippen molar-refractivity contribution in [2.45, 2.75) is 186 Å². The summed E-state index contributed by atoms with van der Waals surface area (Å²) >= 11 is 0. The number of esters is 2. The molecule has 1 saturated heterocycles. The first kappa shape index (κ1) is 50.2. The third kappa shape index (κ3) is 24.4. The van der Waals surface area contributed by atoms with Crippen LogP contribution in [0, 0.1) is 0 Å². The average molecular weight is 775 g/mol. The Kier molecular flexibility index (Phi) is 31.4. The zero-order valence-corrected chi connectivity index (χ0v) is 34.1. The van der Waals surface area contributed by atoms with Gasteiger partial charge in [-0.3, -0.25) is 4.79 Å². The van der Waals surface area contributed by atoms with Gasteiger partial charge in [-0.15, -0.1) is 0 Å². The van der Waals surface area contributed by atoms with E-state index >= 15 is 0 Å². The van der Waals surface area contributed by atoms with Crippen LogP contribution in [-0.2, 0) is 28.5 Å². The Morgan fingerprint density at radius 1 is 0.636 bits per heavy atom. The van der Waals surface area contributed by atoms with Gasteiger partial charge in [-0.05, 0) is 83.5 Å². The lowest BCUT2D eigenvalue weighted by molar-refractivity contribution is -0.317. The summed E-state index contributed by atoms with van der Waals surface area (Å²) in [4.78, 5) is 26.4. The maximum Gasteiger partial charge on any atom is 0.350 e. The molecule has 2 unspecified atom stereocenters. The number of carbonyl (C=O) groups is 2. The molecule has 0 aliphatic carbocycles. The van der Waals surface area contributed by atoms with Crippen molar-refractivity contribution in [2.24, 2.45) is 0 Å². The standard InChI is InChI=1S/C45H74O10/c1-4-7-9-11-13-15-17-19-20-22-24-26-28-30-32-34-39(47)55-43(44(51)52-35-6-3)37(53-45-42(50)41(49)40(48)38(36-46)54-45)33-31-29-27-25-23-21-18-16-14-12-10-8-5-2/h7-10,13-16,19-21,23,37-38,40-43,45-46,48-50H,4-6,11-12,17-18,22,24-36H2,1-3H3/b9-7+,10-8-,15-13+,16-14-,20-19+,23-21-/t37?,38-,40+,41+,42-,43?,45+/m1/s1. The first-order valence-electron chi connectivity index (χ1n) is 21.0. The molecule has 4 N–H and O–H groups in total. The van der Waals surface area contributed by atoms with E-state index in [-0.39, 0.29) is 19.4 Å². The summed E-state index contributed by atoms with van der Waals surface area (Å²) in [6.07, 6.45) is 31.5. The van der Waals surface area contributed by atoms with Crippen molar-refractivity contribution in [2.75, 3.05) is 13.2 Å². The lowest BCUT2D eigenvalue weighted by Gasteiger charge is -2.41. The number of aliphatic hydroxyl groups is 4. The molecule has 1 aliphatic heterocycles. The quantitative estimate of drug-likeness (QED) is 0.0298. The van der Waals surface area contributed by atoms with E-state index in [9.17, 15) is 30.0 Å². The molecule has 1 heterocycles. The van der Waals surface area contributed by atoms with Crippen LogP contribution in [0.3, 0.4) is 0 Å². The summed E-state index contributed by atoms with van der Waals surface area (Å²) in [5.74, 6) is -1.31. The zero-order valence-electron chi connectivity index (χ0n) is 34.1. The Bertz CT molecular complexity index is 1140. The summed E-state index contributed by atoms with van der Waals surface area (Å²) in [6.45, 7) is 5.60. The molecule has 0 radical (unpaired) electrons. The fourth-order valence-electron chi connectivity index (χ4n) is 5.90. The van der Waals surface area contributed by atoms with E-state index in [1.54, 1.807) is 0 Å². The highest BCUT2D eigenvalue weighted by Crippen LogP contribution is 2.27. The van der Waals surface area contributed by atoms with Crippen LogP contribution < -0.4 is 0 Å². The second kappa shape index (κ2) is 34.4. The summed E-state index contributed by atoms with van der Waals surface area (Å²) in [6, 6.07) is 0. The van der Waals surface area contributed by atoms with E-state index in [1.807, 2.05) is 6.92 Å². The first-order valence-corrected chi connectivity index (χ1v) is 21.0. The van der Waals surface area contributed by atoms with Crippen molar-refractivity contribution in [3.05, 3.63) is 72.9 Å². The molecule has 1 aliphatic rings. The molecule has 10 nitrogen and oxygen atoms in total. The molecule has 0 aromatic rings. The average Bonchev–Trinajstić information content (AvgIpc) is 3.18. The van der Waals surface area contributed by atoms with Crippen molar-refractivity contribution in [1.29, 1.82) is 0 Å². The number of hydrogen-bond acceptors (Lipinski definition) is 10. The summed E-state index contributed by atoms with van der Waals surface area (Å²) in [7, 11) is 0. The van der Waals surface area contributed by atoms with Crippen molar-refractivity contribution < 1.29 is 49.0 Å². The van der Waals surface area contributed by atoms with Gasteiger partial charge in [-0.1, -0.05) is 126 Å². The van der Waals surface area contributed by atoms with Gasteiger partial charge < -0.3 is 39.4 Å². The second-order valence-corrected chi connectivity index (χ2v) is 14.0. The van der Waals surface area contributed by atoms with Gasteiger partial charge in [0.1, 0.15) is 30.5 Å². The van der Waals surface area contributed by atoms with Crippen LogP contribution >= 0.6 is 0 Å². The summed E-state index contributed by atoms with van der Waals surface area (Å²) in [5.41, 5.74) is 0. The van der Waals surface area contributed by atoms with Crippen molar-refractivity contribution in [3.8, 4) is 0 Å². The molecule has 0 amide bonds. The Morgan fingerprint density at radius 3 is 1.69 bits per heavy atom. The maximum atomic E-state index is 13.3. The highest BCUT2D eigenvalue weighted by Gasteiger charge is 2.46. The molecule has 314 valence electrons. The van der Waals surface area contributed by atoms with Crippen LogP contribution in [0.2, 0.25) is 0 Å². The summed E-state index contributed by atoms with van der Waals surface area (Å²) < 4.78 is 22.9. The Morgan fingerprint density at radius 2 is 1.15 bits per heavy atom. The number of ether oxygens (including phenoxy) is 4. The minimum absolute atomic E-state index is 0.124. The van der Waals surface area contributed by atoms with Crippen LogP contribution in [0.25, 0.3) is 0 Å². The number of carbonyl (C=O) groups excluding carboxylic acids is 2. The van der Waals surface area contributed by atoms with Gasteiger partial charge >= 0.3 is 11.9 Å². The van der Waals surface area contributed by atoms with Crippen molar-refractivity contribution in [1.82, 2.24) is 0 Å². The van der Waals surface area contributed by atoms with Crippen LogP contribution in [0.15, 0.2) is 72.9 Å². The molecule has 1 fully saturated rings. The largest absolute Gasteiger partial charge is 0.463 e. The van der Waals surface area contributed by atoms with Gasteiger partial charge in [0, 0.05) is 6.42 Å². The minimum Gasteiger partial charge on any atom is -0.463 e. The second-order valence-electron chi connectivity index (χ2n) is 14.0. The third-order valence-electron chi connectivity index (χ3n) is 9.11. The van der Waals surface area contributed by atoms with Crippen LogP contribution in [0.1, 0.15) is 143 Å². The van der Waals surface area contributed by atoms with Crippen molar-refractivity contribution in [3.63, 3.8) is 0 Å².